The van der Waals surface area contributed by atoms with Gasteiger partial charge in [-0.25, -0.2) is 14.0 Å². The summed E-state index contributed by atoms with van der Waals surface area (Å²) in [6.45, 7) is 0.700. The van der Waals surface area contributed by atoms with Crippen molar-refractivity contribution in [2.75, 3.05) is 20.1 Å². The van der Waals surface area contributed by atoms with E-state index in [4.69, 9.17) is 0 Å². The highest BCUT2D eigenvalue weighted by Gasteiger charge is 2.39. The van der Waals surface area contributed by atoms with E-state index in [1.54, 1.807) is 16.8 Å². The maximum absolute atomic E-state index is 14.0. The number of nitrogens with one attached hydrogen (secondary N) is 2. The van der Waals surface area contributed by atoms with Crippen molar-refractivity contribution >= 4 is 12.1 Å². The lowest BCUT2D eigenvalue weighted by Gasteiger charge is -2.39. The van der Waals surface area contributed by atoms with Crippen LogP contribution in [0.15, 0.2) is 18.2 Å². The molecule has 0 unspecified atom stereocenters. The zero-order valence-corrected chi connectivity index (χ0v) is 16.5. The first kappa shape index (κ1) is 22.0. The van der Waals surface area contributed by atoms with Crippen LogP contribution in [0.5, 0.6) is 5.75 Å². The van der Waals surface area contributed by atoms with Crippen LogP contribution in [0, 0.1) is 5.82 Å². The van der Waals surface area contributed by atoms with Crippen LogP contribution in [-0.2, 0) is 6.54 Å². The number of piperidine rings is 1. The molecular weight excluding hydrogens is 408 g/mol. The fraction of sp³-hybridized carbons (Fsp3) is 0.579. The Kier molecular flexibility index (Phi) is 6.57. The van der Waals surface area contributed by atoms with Gasteiger partial charge in [-0.1, -0.05) is 6.07 Å². The number of hydrogen-bond donors (Lipinski definition) is 2. The molecule has 11 heteroatoms. The van der Waals surface area contributed by atoms with Gasteiger partial charge in [-0.3, -0.25) is 0 Å². The van der Waals surface area contributed by atoms with Crippen LogP contribution in [0.3, 0.4) is 0 Å². The summed E-state index contributed by atoms with van der Waals surface area (Å²) in [4.78, 5) is 28.1. The van der Waals surface area contributed by atoms with Crippen LogP contribution in [0.4, 0.5) is 27.2 Å². The summed E-state index contributed by atoms with van der Waals surface area (Å²) in [7, 11) is 1.57. The summed E-state index contributed by atoms with van der Waals surface area (Å²) >= 11 is 0. The molecule has 2 aliphatic rings. The SMILES string of the molecule is CNC(=O)N(C1CC1)[C@@H]1CCCN(C(=O)NCc2ccc(OC(F)(F)F)cc2F)C1. The quantitative estimate of drug-likeness (QED) is 0.702. The van der Waals surface area contributed by atoms with E-state index in [9.17, 15) is 27.2 Å². The lowest BCUT2D eigenvalue weighted by Crippen LogP contribution is -2.55. The Morgan fingerprint density at radius 3 is 2.57 bits per heavy atom. The van der Waals surface area contributed by atoms with E-state index < -0.39 is 24.0 Å². The Bertz CT molecular complexity index is 786. The number of nitrogens with zero attached hydrogens (tertiary/aromatic N) is 2. The molecule has 3 rings (SSSR count). The molecule has 1 saturated carbocycles. The van der Waals surface area contributed by atoms with Gasteiger partial charge in [0.05, 0.1) is 6.04 Å². The number of halogens is 4. The molecule has 0 spiro atoms. The third kappa shape index (κ3) is 5.67. The van der Waals surface area contributed by atoms with Crippen LogP contribution < -0.4 is 15.4 Å². The van der Waals surface area contributed by atoms with E-state index in [1.165, 1.54) is 0 Å². The number of rotatable bonds is 5. The highest BCUT2D eigenvalue weighted by atomic mass is 19.4. The van der Waals surface area contributed by atoms with Gasteiger partial charge in [-0.2, -0.15) is 0 Å². The average molecular weight is 432 g/mol. The number of carbonyl (C=O) groups excluding carboxylic acids is 2. The van der Waals surface area contributed by atoms with Gasteiger partial charge in [0, 0.05) is 44.4 Å². The number of carbonyl (C=O) groups is 2. The van der Waals surface area contributed by atoms with Crippen LogP contribution in [0.25, 0.3) is 0 Å². The summed E-state index contributed by atoms with van der Waals surface area (Å²) in [5, 5.41) is 5.23. The third-order valence-electron chi connectivity index (χ3n) is 5.15. The third-order valence-corrected chi connectivity index (χ3v) is 5.15. The second-order valence-corrected chi connectivity index (χ2v) is 7.40. The van der Waals surface area contributed by atoms with E-state index in [0.29, 0.717) is 19.2 Å². The van der Waals surface area contributed by atoms with Crippen LogP contribution in [0.1, 0.15) is 31.2 Å². The van der Waals surface area contributed by atoms with Gasteiger partial charge in [0.15, 0.2) is 0 Å². The van der Waals surface area contributed by atoms with Gasteiger partial charge in [-0.05, 0) is 31.7 Å². The van der Waals surface area contributed by atoms with E-state index >= 15 is 0 Å². The van der Waals surface area contributed by atoms with Gasteiger partial charge in [0.1, 0.15) is 11.6 Å². The zero-order valence-electron chi connectivity index (χ0n) is 16.5. The van der Waals surface area contributed by atoms with Crippen molar-refractivity contribution < 1.29 is 31.9 Å². The molecule has 7 nitrogen and oxygen atoms in total. The summed E-state index contributed by atoms with van der Waals surface area (Å²) in [6.07, 6.45) is -1.48. The number of ether oxygens (including phenoxy) is 1. The standard InChI is InChI=1S/C19H24F4N4O3/c1-24-17(28)27(13-5-6-13)14-3-2-8-26(11-14)18(29)25-10-12-4-7-15(9-16(12)20)30-19(21,22)23/h4,7,9,13-14H,2-3,5-6,8,10-11H2,1H3,(H,24,28)(H,25,29)/t14-/m1/s1. The molecule has 30 heavy (non-hydrogen) atoms. The number of alkyl halides is 3. The summed E-state index contributed by atoms with van der Waals surface area (Å²) in [6, 6.07) is 2.29. The Morgan fingerprint density at radius 2 is 1.97 bits per heavy atom. The topological polar surface area (TPSA) is 73.9 Å². The minimum absolute atomic E-state index is 0.0383. The first-order valence-corrected chi connectivity index (χ1v) is 9.75. The number of hydrogen-bond acceptors (Lipinski definition) is 3. The largest absolute Gasteiger partial charge is 0.573 e. The van der Waals surface area contributed by atoms with Gasteiger partial charge >= 0.3 is 18.4 Å². The molecule has 0 bridgehead atoms. The van der Waals surface area contributed by atoms with E-state index in [1.807, 2.05) is 0 Å². The Labute approximate surface area is 171 Å². The van der Waals surface area contributed by atoms with E-state index in [0.717, 1.165) is 37.8 Å². The highest BCUT2D eigenvalue weighted by Crippen LogP contribution is 2.31. The first-order valence-electron chi connectivity index (χ1n) is 9.75. The van der Waals surface area contributed by atoms with Crippen molar-refractivity contribution in [1.29, 1.82) is 0 Å². The zero-order chi connectivity index (χ0) is 21.9. The van der Waals surface area contributed by atoms with Crippen molar-refractivity contribution in [3.05, 3.63) is 29.6 Å². The van der Waals surface area contributed by atoms with Gasteiger partial charge in [0.2, 0.25) is 0 Å². The van der Waals surface area contributed by atoms with Crippen molar-refractivity contribution in [2.24, 2.45) is 0 Å². The van der Waals surface area contributed by atoms with Crippen LogP contribution in [0.2, 0.25) is 0 Å². The van der Waals surface area contributed by atoms with E-state index in [-0.39, 0.29) is 30.2 Å². The summed E-state index contributed by atoms with van der Waals surface area (Å²) < 4.78 is 54.4. The maximum atomic E-state index is 14.0. The molecular formula is C19H24F4N4O3. The van der Waals surface area contributed by atoms with Crippen molar-refractivity contribution in [1.82, 2.24) is 20.4 Å². The number of likely N-dealkylation sites (tertiary alicyclic amines) is 1. The maximum Gasteiger partial charge on any atom is 0.573 e. The molecule has 0 aromatic heterocycles. The minimum Gasteiger partial charge on any atom is -0.406 e. The minimum atomic E-state index is -4.91. The molecule has 1 atom stereocenters. The smallest absolute Gasteiger partial charge is 0.406 e. The molecule has 166 valence electrons. The Hall–Kier alpha value is -2.72. The fourth-order valence-corrected chi connectivity index (χ4v) is 3.63. The Balaban J connectivity index is 1.56. The van der Waals surface area contributed by atoms with Crippen molar-refractivity contribution in [3.63, 3.8) is 0 Å². The number of urea groups is 2. The summed E-state index contributed by atoms with van der Waals surface area (Å²) in [5.41, 5.74) is 0.0383. The lowest BCUT2D eigenvalue weighted by atomic mass is 10.0. The van der Waals surface area contributed by atoms with Crippen LogP contribution >= 0.6 is 0 Å². The second-order valence-electron chi connectivity index (χ2n) is 7.40. The van der Waals surface area contributed by atoms with Crippen LogP contribution in [-0.4, -0.2) is 60.4 Å². The highest BCUT2D eigenvalue weighted by molar-refractivity contribution is 5.76. The van der Waals surface area contributed by atoms with Gasteiger partial charge in [-0.15, -0.1) is 13.2 Å². The molecule has 0 radical (unpaired) electrons. The number of benzene rings is 1. The van der Waals surface area contributed by atoms with E-state index in [2.05, 4.69) is 15.4 Å². The molecule has 1 aromatic rings. The molecule has 1 aromatic carbocycles. The average Bonchev–Trinajstić information content (AvgIpc) is 3.51. The predicted octanol–water partition coefficient (Wildman–Crippen LogP) is 3.20. The lowest BCUT2D eigenvalue weighted by molar-refractivity contribution is -0.274. The molecule has 4 amide bonds. The fourth-order valence-electron chi connectivity index (χ4n) is 3.63. The Morgan fingerprint density at radius 1 is 1.23 bits per heavy atom. The number of amides is 4. The van der Waals surface area contributed by atoms with Gasteiger partial charge in [0.25, 0.3) is 0 Å². The van der Waals surface area contributed by atoms with Crippen molar-refractivity contribution in [2.45, 2.75) is 50.7 Å². The predicted molar refractivity (Wildman–Crippen MR) is 99.2 cm³/mol. The molecule has 1 saturated heterocycles. The second kappa shape index (κ2) is 8.97. The molecule has 1 aliphatic heterocycles. The summed E-state index contributed by atoms with van der Waals surface area (Å²) in [5.74, 6) is -1.57. The van der Waals surface area contributed by atoms with Gasteiger partial charge < -0.3 is 25.2 Å². The normalized spacial score (nSPS) is 19.2. The van der Waals surface area contributed by atoms with Crippen molar-refractivity contribution in [3.8, 4) is 5.75 Å². The first-order chi connectivity index (χ1) is 14.2. The molecule has 2 N–H and O–H groups in total. The molecule has 1 heterocycles. The monoisotopic (exact) mass is 432 g/mol. The molecule has 1 aliphatic carbocycles. The molecule has 2 fully saturated rings.